The van der Waals surface area contributed by atoms with E-state index in [0.717, 1.165) is 23.7 Å². The Morgan fingerprint density at radius 1 is 0.964 bits per heavy atom. The molecule has 0 N–H and O–H groups in total. The smallest absolute Gasteiger partial charge is 0.192 e. The van der Waals surface area contributed by atoms with Gasteiger partial charge in [0.25, 0.3) is 0 Å². The molecule has 4 aromatic rings. The van der Waals surface area contributed by atoms with Crippen molar-refractivity contribution in [1.82, 2.24) is 35.0 Å². The summed E-state index contributed by atoms with van der Waals surface area (Å²) in [6, 6.07) is 16.7. The number of para-hydroxylation sites is 1. The molecule has 1 saturated carbocycles. The number of tetrazole rings is 1. The van der Waals surface area contributed by atoms with Gasteiger partial charge in [0.05, 0.1) is 17.0 Å². The third-order valence-corrected chi connectivity index (χ3v) is 5.50. The molecular formula is C19H16FN7S. The first-order valence-electron chi connectivity index (χ1n) is 8.96. The molecule has 2 aromatic heterocycles. The molecule has 7 nitrogen and oxygen atoms in total. The molecule has 140 valence electrons. The molecule has 0 radical (unpaired) electrons. The molecule has 28 heavy (non-hydrogen) atoms. The van der Waals surface area contributed by atoms with Crippen molar-refractivity contribution < 1.29 is 4.39 Å². The fraction of sp³-hybridized carbons (Fsp3) is 0.211. The van der Waals surface area contributed by atoms with Crippen molar-refractivity contribution >= 4 is 11.8 Å². The molecule has 0 aliphatic heterocycles. The molecule has 1 aliphatic carbocycles. The molecule has 0 amide bonds. The van der Waals surface area contributed by atoms with E-state index in [1.54, 1.807) is 16.8 Å². The summed E-state index contributed by atoms with van der Waals surface area (Å²) >= 11 is 1.51. The van der Waals surface area contributed by atoms with Gasteiger partial charge < -0.3 is 0 Å². The summed E-state index contributed by atoms with van der Waals surface area (Å²) in [4.78, 5) is 0. The van der Waals surface area contributed by atoms with Crippen molar-refractivity contribution in [2.75, 3.05) is 0 Å². The molecule has 1 aliphatic rings. The molecule has 0 spiro atoms. The SMILES string of the molecule is Fc1ccccc1-c1nnc(SCc2nnnn2-c2ccccc2)n1C1CC1. The lowest BCUT2D eigenvalue weighted by molar-refractivity contribution is 0.622. The Kier molecular flexibility index (Phi) is 4.36. The second-order valence-electron chi connectivity index (χ2n) is 6.52. The first kappa shape index (κ1) is 17.1. The van der Waals surface area contributed by atoms with Crippen LogP contribution in [0.4, 0.5) is 4.39 Å². The highest BCUT2D eigenvalue weighted by Gasteiger charge is 2.31. The molecule has 0 bridgehead atoms. The van der Waals surface area contributed by atoms with Crippen LogP contribution in [0.2, 0.25) is 0 Å². The van der Waals surface area contributed by atoms with Crippen LogP contribution >= 0.6 is 11.8 Å². The maximum Gasteiger partial charge on any atom is 0.192 e. The Morgan fingerprint density at radius 2 is 1.75 bits per heavy atom. The van der Waals surface area contributed by atoms with Gasteiger partial charge in [0.2, 0.25) is 0 Å². The van der Waals surface area contributed by atoms with Gasteiger partial charge in [-0.15, -0.1) is 15.3 Å². The molecule has 0 atom stereocenters. The second-order valence-corrected chi connectivity index (χ2v) is 7.46. The van der Waals surface area contributed by atoms with E-state index in [2.05, 4.69) is 25.7 Å². The van der Waals surface area contributed by atoms with Gasteiger partial charge in [0.15, 0.2) is 16.8 Å². The number of nitrogens with zero attached hydrogens (tertiary/aromatic N) is 7. The Labute approximate surface area is 164 Å². The lowest BCUT2D eigenvalue weighted by Gasteiger charge is -2.09. The highest BCUT2D eigenvalue weighted by molar-refractivity contribution is 7.98. The largest absolute Gasteiger partial charge is 0.299 e. The van der Waals surface area contributed by atoms with Gasteiger partial charge in [-0.3, -0.25) is 4.57 Å². The Balaban J connectivity index is 1.43. The van der Waals surface area contributed by atoms with Crippen LogP contribution in [0.1, 0.15) is 24.7 Å². The van der Waals surface area contributed by atoms with Gasteiger partial charge in [0.1, 0.15) is 5.82 Å². The fourth-order valence-electron chi connectivity index (χ4n) is 3.06. The van der Waals surface area contributed by atoms with E-state index in [9.17, 15) is 4.39 Å². The van der Waals surface area contributed by atoms with E-state index < -0.39 is 0 Å². The lowest BCUT2D eigenvalue weighted by Crippen LogP contribution is -2.04. The molecule has 0 saturated heterocycles. The summed E-state index contributed by atoms with van der Waals surface area (Å²) in [6.45, 7) is 0. The van der Waals surface area contributed by atoms with E-state index in [0.29, 0.717) is 29.0 Å². The van der Waals surface area contributed by atoms with Crippen molar-refractivity contribution in [3.63, 3.8) is 0 Å². The van der Waals surface area contributed by atoms with Crippen molar-refractivity contribution in [2.45, 2.75) is 29.8 Å². The summed E-state index contributed by atoms with van der Waals surface area (Å²) in [5.41, 5.74) is 1.38. The van der Waals surface area contributed by atoms with E-state index >= 15 is 0 Å². The monoisotopic (exact) mass is 393 g/mol. The number of benzene rings is 2. The molecule has 0 unspecified atom stereocenters. The highest BCUT2D eigenvalue weighted by Crippen LogP contribution is 2.41. The minimum atomic E-state index is -0.290. The zero-order valence-electron chi connectivity index (χ0n) is 14.8. The molecular weight excluding hydrogens is 377 g/mol. The quantitative estimate of drug-likeness (QED) is 0.465. The lowest BCUT2D eigenvalue weighted by atomic mass is 10.2. The summed E-state index contributed by atoms with van der Waals surface area (Å²) in [5, 5.41) is 21.4. The van der Waals surface area contributed by atoms with Crippen LogP contribution in [0.25, 0.3) is 17.1 Å². The van der Waals surface area contributed by atoms with Crippen LogP contribution in [0.5, 0.6) is 0 Å². The number of halogens is 1. The van der Waals surface area contributed by atoms with Crippen molar-refractivity contribution in [3.05, 3.63) is 66.2 Å². The highest BCUT2D eigenvalue weighted by atomic mass is 32.2. The number of hydrogen-bond acceptors (Lipinski definition) is 6. The fourth-order valence-corrected chi connectivity index (χ4v) is 3.97. The normalized spacial score (nSPS) is 13.8. The van der Waals surface area contributed by atoms with Crippen molar-refractivity contribution in [2.24, 2.45) is 0 Å². The van der Waals surface area contributed by atoms with Crippen LogP contribution < -0.4 is 0 Å². The van der Waals surface area contributed by atoms with Gasteiger partial charge in [-0.2, -0.15) is 4.68 Å². The van der Waals surface area contributed by atoms with E-state index in [-0.39, 0.29) is 5.82 Å². The third-order valence-electron chi connectivity index (χ3n) is 4.56. The molecule has 1 fully saturated rings. The number of rotatable bonds is 6. The summed E-state index contributed by atoms with van der Waals surface area (Å²) < 4.78 is 18.0. The first-order chi connectivity index (χ1) is 13.8. The molecule has 5 rings (SSSR count). The minimum Gasteiger partial charge on any atom is -0.299 e. The maximum absolute atomic E-state index is 14.3. The standard InChI is InChI=1S/C19H16FN7S/c20-16-9-5-4-8-15(16)18-22-23-19(26(18)13-10-11-13)28-12-17-21-24-25-27(17)14-6-2-1-3-7-14/h1-9,13H,10-12H2. The summed E-state index contributed by atoms with van der Waals surface area (Å²) in [5.74, 6) is 1.53. The maximum atomic E-state index is 14.3. The Bertz CT molecular complexity index is 1100. The number of hydrogen-bond donors (Lipinski definition) is 0. The van der Waals surface area contributed by atoms with E-state index in [1.807, 2.05) is 41.0 Å². The second kappa shape index (κ2) is 7.16. The Hall–Kier alpha value is -3.07. The van der Waals surface area contributed by atoms with E-state index in [4.69, 9.17) is 0 Å². The first-order valence-corrected chi connectivity index (χ1v) is 9.95. The van der Waals surface area contributed by atoms with Crippen LogP contribution in [0, 0.1) is 5.82 Å². The summed E-state index contributed by atoms with van der Waals surface area (Å²) in [7, 11) is 0. The average molecular weight is 393 g/mol. The zero-order valence-corrected chi connectivity index (χ0v) is 15.6. The molecule has 2 heterocycles. The predicted molar refractivity (Wildman–Crippen MR) is 102 cm³/mol. The van der Waals surface area contributed by atoms with Crippen molar-refractivity contribution in [1.29, 1.82) is 0 Å². The average Bonchev–Trinajstić information content (AvgIpc) is 3.31. The third kappa shape index (κ3) is 3.18. The van der Waals surface area contributed by atoms with Gasteiger partial charge in [-0.25, -0.2) is 4.39 Å². The van der Waals surface area contributed by atoms with Gasteiger partial charge in [-0.05, 0) is 47.5 Å². The predicted octanol–water partition coefficient (Wildman–Crippen LogP) is 3.69. The van der Waals surface area contributed by atoms with Crippen LogP contribution in [0.3, 0.4) is 0 Å². The minimum absolute atomic E-state index is 0.290. The van der Waals surface area contributed by atoms with Crippen LogP contribution in [-0.4, -0.2) is 35.0 Å². The number of thioether (sulfide) groups is 1. The van der Waals surface area contributed by atoms with Gasteiger partial charge in [-0.1, -0.05) is 42.1 Å². The van der Waals surface area contributed by atoms with Gasteiger partial charge >= 0.3 is 0 Å². The number of aromatic nitrogens is 7. The Morgan fingerprint density at radius 3 is 2.54 bits per heavy atom. The van der Waals surface area contributed by atoms with Gasteiger partial charge in [0, 0.05) is 6.04 Å². The topological polar surface area (TPSA) is 74.3 Å². The van der Waals surface area contributed by atoms with Crippen LogP contribution in [0.15, 0.2) is 59.8 Å². The van der Waals surface area contributed by atoms with Crippen LogP contribution in [-0.2, 0) is 5.75 Å². The molecule has 9 heteroatoms. The van der Waals surface area contributed by atoms with Crippen molar-refractivity contribution in [3.8, 4) is 17.1 Å². The molecule has 2 aromatic carbocycles. The van der Waals surface area contributed by atoms with E-state index in [1.165, 1.54) is 17.8 Å². The summed E-state index contributed by atoms with van der Waals surface area (Å²) in [6.07, 6.45) is 2.10. The zero-order chi connectivity index (χ0) is 18.9.